The SMILES string of the molecule is Cc1ccc(COc2ccc(C=C3C(=O)NC(=S)NC3=O)cc2)cc1. The van der Waals surface area contributed by atoms with Crippen LogP contribution in [-0.2, 0) is 16.2 Å². The molecule has 2 aromatic rings. The Morgan fingerprint density at radius 2 is 1.56 bits per heavy atom. The zero-order valence-electron chi connectivity index (χ0n) is 13.5. The Morgan fingerprint density at radius 3 is 2.16 bits per heavy atom. The second kappa shape index (κ2) is 7.27. The number of benzene rings is 2. The number of amides is 2. The average molecular weight is 352 g/mol. The van der Waals surface area contributed by atoms with Crippen LogP contribution in [0.3, 0.4) is 0 Å². The molecule has 0 bridgehead atoms. The fourth-order valence-corrected chi connectivity index (χ4v) is 2.47. The van der Waals surface area contributed by atoms with E-state index in [1.807, 2.05) is 31.2 Å². The molecule has 1 heterocycles. The Balaban J connectivity index is 1.66. The standard InChI is InChI=1S/C19H16N2O3S/c1-12-2-4-14(5-3-12)11-24-15-8-6-13(7-9-15)10-16-17(22)20-19(25)21-18(16)23/h2-10H,11H2,1H3,(H2,20,21,22,23,25). The number of carbonyl (C=O) groups is 2. The van der Waals surface area contributed by atoms with Crippen molar-refractivity contribution in [2.75, 3.05) is 0 Å². The summed E-state index contributed by atoms with van der Waals surface area (Å²) in [6.07, 6.45) is 1.51. The van der Waals surface area contributed by atoms with E-state index >= 15 is 0 Å². The highest BCUT2D eigenvalue weighted by atomic mass is 32.1. The van der Waals surface area contributed by atoms with E-state index in [2.05, 4.69) is 10.6 Å². The van der Waals surface area contributed by atoms with Gasteiger partial charge in [-0.15, -0.1) is 0 Å². The summed E-state index contributed by atoms with van der Waals surface area (Å²) in [6, 6.07) is 15.3. The molecule has 0 aliphatic carbocycles. The number of rotatable bonds is 4. The lowest BCUT2D eigenvalue weighted by Gasteiger charge is -2.16. The summed E-state index contributed by atoms with van der Waals surface area (Å²) in [7, 11) is 0. The van der Waals surface area contributed by atoms with E-state index in [-0.39, 0.29) is 10.7 Å². The van der Waals surface area contributed by atoms with Gasteiger partial charge in [-0.1, -0.05) is 42.0 Å². The van der Waals surface area contributed by atoms with Crippen LogP contribution in [0, 0.1) is 6.92 Å². The molecule has 1 aliphatic rings. The van der Waals surface area contributed by atoms with Crippen LogP contribution in [0.25, 0.3) is 6.08 Å². The lowest BCUT2D eigenvalue weighted by atomic mass is 10.1. The van der Waals surface area contributed by atoms with Crippen LogP contribution in [0.15, 0.2) is 54.1 Å². The summed E-state index contributed by atoms with van der Waals surface area (Å²) >= 11 is 4.76. The lowest BCUT2D eigenvalue weighted by Crippen LogP contribution is -2.51. The maximum absolute atomic E-state index is 11.8. The molecule has 6 heteroatoms. The highest BCUT2D eigenvalue weighted by molar-refractivity contribution is 7.80. The van der Waals surface area contributed by atoms with Crippen molar-refractivity contribution in [1.29, 1.82) is 0 Å². The Labute approximate surface area is 150 Å². The first kappa shape index (κ1) is 16.9. The minimum absolute atomic E-state index is 0.0157. The molecule has 0 spiro atoms. The summed E-state index contributed by atoms with van der Waals surface area (Å²) < 4.78 is 5.74. The van der Waals surface area contributed by atoms with Crippen molar-refractivity contribution in [2.24, 2.45) is 0 Å². The third kappa shape index (κ3) is 4.30. The van der Waals surface area contributed by atoms with Crippen molar-refractivity contribution < 1.29 is 14.3 Å². The third-order valence-electron chi connectivity index (χ3n) is 3.66. The predicted molar refractivity (Wildman–Crippen MR) is 98.8 cm³/mol. The zero-order chi connectivity index (χ0) is 17.8. The van der Waals surface area contributed by atoms with Gasteiger partial charge in [-0.3, -0.25) is 20.2 Å². The summed E-state index contributed by atoms with van der Waals surface area (Å²) in [5, 5.41) is 4.82. The molecule has 3 rings (SSSR count). The molecule has 1 saturated heterocycles. The van der Waals surface area contributed by atoms with Crippen molar-refractivity contribution in [3.05, 3.63) is 70.8 Å². The third-order valence-corrected chi connectivity index (χ3v) is 3.86. The highest BCUT2D eigenvalue weighted by Gasteiger charge is 2.25. The summed E-state index contributed by atoms with van der Waals surface area (Å²) in [5.41, 5.74) is 3.03. The number of hydrogen-bond acceptors (Lipinski definition) is 4. The smallest absolute Gasteiger partial charge is 0.263 e. The minimum atomic E-state index is -0.506. The van der Waals surface area contributed by atoms with Crippen molar-refractivity contribution >= 4 is 35.2 Å². The number of thiocarbonyl (C=S) groups is 1. The largest absolute Gasteiger partial charge is 0.489 e. The van der Waals surface area contributed by atoms with Crippen LogP contribution >= 0.6 is 12.2 Å². The second-order valence-electron chi connectivity index (χ2n) is 5.64. The fourth-order valence-electron chi connectivity index (χ4n) is 2.28. The van der Waals surface area contributed by atoms with Crippen molar-refractivity contribution in [1.82, 2.24) is 10.6 Å². The minimum Gasteiger partial charge on any atom is -0.489 e. The van der Waals surface area contributed by atoms with E-state index in [1.54, 1.807) is 24.3 Å². The Morgan fingerprint density at radius 1 is 0.960 bits per heavy atom. The second-order valence-corrected chi connectivity index (χ2v) is 6.05. The fraction of sp³-hybridized carbons (Fsp3) is 0.105. The molecular weight excluding hydrogens is 336 g/mol. The monoisotopic (exact) mass is 352 g/mol. The zero-order valence-corrected chi connectivity index (χ0v) is 14.4. The number of nitrogens with one attached hydrogen (secondary N) is 2. The summed E-state index contributed by atoms with van der Waals surface area (Å²) in [6.45, 7) is 2.52. The van der Waals surface area contributed by atoms with Crippen LogP contribution in [-0.4, -0.2) is 16.9 Å². The maximum Gasteiger partial charge on any atom is 0.263 e. The van der Waals surface area contributed by atoms with Gasteiger partial charge in [0.05, 0.1) is 0 Å². The van der Waals surface area contributed by atoms with Gasteiger partial charge in [0, 0.05) is 0 Å². The Bertz CT molecular complexity index is 833. The van der Waals surface area contributed by atoms with Gasteiger partial charge in [-0.25, -0.2) is 0 Å². The van der Waals surface area contributed by atoms with Gasteiger partial charge in [-0.2, -0.15) is 0 Å². The Kier molecular flexibility index (Phi) is 4.90. The molecule has 0 unspecified atom stereocenters. The maximum atomic E-state index is 11.8. The van der Waals surface area contributed by atoms with Gasteiger partial charge in [0.25, 0.3) is 11.8 Å². The number of aryl methyl sites for hydroxylation is 1. The molecule has 2 aromatic carbocycles. The lowest BCUT2D eigenvalue weighted by molar-refractivity contribution is -0.123. The summed E-state index contributed by atoms with van der Waals surface area (Å²) in [5.74, 6) is -0.302. The molecule has 2 N–H and O–H groups in total. The topological polar surface area (TPSA) is 67.4 Å². The van der Waals surface area contributed by atoms with E-state index in [4.69, 9.17) is 17.0 Å². The van der Waals surface area contributed by atoms with Gasteiger partial charge < -0.3 is 4.74 Å². The van der Waals surface area contributed by atoms with Gasteiger partial charge >= 0.3 is 0 Å². The predicted octanol–water partition coefficient (Wildman–Crippen LogP) is 2.49. The number of ether oxygens (including phenoxy) is 1. The molecule has 1 aliphatic heterocycles. The molecule has 1 fully saturated rings. The molecule has 0 atom stereocenters. The quantitative estimate of drug-likeness (QED) is 0.504. The van der Waals surface area contributed by atoms with E-state index in [9.17, 15) is 9.59 Å². The van der Waals surface area contributed by atoms with E-state index in [0.717, 1.165) is 11.1 Å². The molecule has 5 nitrogen and oxygen atoms in total. The summed E-state index contributed by atoms with van der Waals surface area (Å²) in [4.78, 5) is 23.6. The number of carbonyl (C=O) groups excluding carboxylic acids is 2. The normalized spacial score (nSPS) is 14.0. The molecule has 126 valence electrons. The molecular formula is C19H16N2O3S. The first-order chi connectivity index (χ1) is 12.0. The molecule has 25 heavy (non-hydrogen) atoms. The molecule has 2 amide bonds. The molecule has 0 radical (unpaired) electrons. The van der Waals surface area contributed by atoms with Crippen LogP contribution in [0.5, 0.6) is 5.75 Å². The van der Waals surface area contributed by atoms with Crippen molar-refractivity contribution in [3.8, 4) is 5.75 Å². The van der Waals surface area contributed by atoms with E-state index < -0.39 is 11.8 Å². The van der Waals surface area contributed by atoms with Crippen molar-refractivity contribution in [3.63, 3.8) is 0 Å². The number of hydrogen-bond donors (Lipinski definition) is 2. The first-order valence-corrected chi connectivity index (χ1v) is 8.09. The average Bonchev–Trinajstić information content (AvgIpc) is 2.59. The van der Waals surface area contributed by atoms with Gasteiger partial charge in [0.1, 0.15) is 17.9 Å². The van der Waals surface area contributed by atoms with Gasteiger partial charge in [0.15, 0.2) is 5.11 Å². The molecule has 0 saturated carbocycles. The van der Waals surface area contributed by atoms with Crippen LogP contribution in [0.2, 0.25) is 0 Å². The van der Waals surface area contributed by atoms with E-state index in [1.165, 1.54) is 11.6 Å². The first-order valence-electron chi connectivity index (χ1n) is 7.68. The molecule has 0 aromatic heterocycles. The van der Waals surface area contributed by atoms with Crippen LogP contribution < -0.4 is 15.4 Å². The van der Waals surface area contributed by atoms with Crippen molar-refractivity contribution in [2.45, 2.75) is 13.5 Å². The van der Waals surface area contributed by atoms with Crippen LogP contribution in [0.1, 0.15) is 16.7 Å². The van der Waals surface area contributed by atoms with Gasteiger partial charge in [0.2, 0.25) is 0 Å². The van der Waals surface area contributed by atoms with Crippen LogP contribution in [0.4, 0.5) is 0 Å². The highest BCUT2D eigenvalue weighted by Crippen LogP contribution is 2.17. The Hall–Kier alpha value is -2.99. The van der Waals surface area contributed by atoms with E-state index in [0.29, 0.717) is 12.4 Å². The van der Waals surface area contributed by atoms with Gasteiger partial charge in [-0.05, 0) is 48.5 Å².